The molecule has 1 aromatic carbocycles. The summed E-state index contributed by atoms with van der Waals surface area (Å²) < 4.78 is 0. The molecule has 0 bridgehead atoms. The van der Waals surface area contributed by atoms with Crippen molar-refractivity contribution in [1.29, 1.82) is 0 Å². The molecule has 108 valence electrons. The van der Waals surface area contributed by atoms with Gasteiger partial charge in [-0.3, -0.25) is 10.1 Å². The molecule has 20 heavy (non-hydrogen) atoms. The van der Waals surface area contributed by atoms with Gasteiger partial charge in [0.2, 0.25) is 5.91 Å². The standard InChI is InChI=1S/C12H15Cl2N5O/c1-12(11(15)20,17-6-3-7-18-19-16)8-4-2-5-9(13)10(8)14/h2,4-5,17H,3,6-7H2,1H3,(H2,15,20). The van der Waals surface area contributed by atoms with Crippen LogP contribution in [0.4, 0.5) is 0 Å². The van der Waals surface area contributed by atoms with Crippen LogP contribution in [0.2, 0.25) is 10.0 Å². The fraction of sp³-hybridized carbons (Fsp3) is 0.417. The number of carbonyl (C=O) groups excluding carboxylic acids is 1. The highest BCUT2D eigenvalue weighted by Crippen LogP contribution is 2.33. The summed E-state index contributed by atoms with van der Waals surface area (Å²) in [5, 5.41) is 7.10. The van der Waals surface area contributed by atoms with Gasteiger partial charge in [-0.05, 0) is 31.5 Å². The summed E-state index contributed by atoms with van der Waals surface area (Å²) in [5.74, 6) is -0.564. The number of carbonyl (C=O) groups is 1. The fourth-order valence-electron chi connectivity index (χ4n) is 1.74. The summed E-state index contributed by atoms with van der Waals surface area (Å²) >= 11 is 12.1. The second kappa shape index (κ2) is 7.36. The SMILES string of the molecule is CC(NCCCN=[N+]=[N-])(C(N)=O)c1cccc(Cl)c1Cl. The van der Waals surface area contributed by atoms with Crippen LogP contribution in [0.5, 0.6) is 0 Å². The van der Waals surface area contributed by atoms with Crippen LogP contribution in [0.15, 0.2) is 23.3 Å². The lowest BCUT2D eigenvalue weighted by Crippen LogP contribution is -2.51. The van der Waals surface area contributed by atoms with Crippen LogP contribution in [0.25, 0.3) is 10.4 Å². The molecule has 0 saturated carbocycles. The molecule has 6 nitrogen and oxygen atoms in total. The Morgan fingerprint density at radius 3 is 2.85 bits per heavy atom. The van der Waals surface area contributed by atoms with Crippen molar-refractivity contribution in [3.63, 3.8) is 0 Å². The molecule has 0 aliphatic heterocycles. The van der Waals surface area contributed by atoms with Crippen molar-refractivity contribution in [2.24, 2.45) is 10.8 Å². The number of azide groups is 1. The second-order valence-corrected chi connectivity index (χ2v) is 5.11. The quantitative estimate of drug-likeness (QED) is 0.349. The lowest BCUT2D eigenvalue weighted by molar-refractivity contribution is -0.124. The van der Waals surface area contributed by atoms with Crippen molar-refractivity contribution in [3.8, 4) is 0 Å². The Balaban J connectivity index is 2.94. The van der Waals surface area contributed by atoms with Crippen molar-refractivity contribution in [2.75, 3.05) is 13.1 Å². The first kappa shape index (κ1) is 16.6. The molecule has 0 aliphatic rings. The van der Waals surface area contributed by atoms with E-state index in [2.05, 4.69) is 15.3 Å². The van der Waals surface area contributed by atoms with E-state index in [1.807, 2.05) is 0 Å². The van der Waals surface area contributed by atoms with E-state index in [-0.39, 0.29) is 5.02 Å². The zero-order chi connectivity index (χ0) is 15.2. The van der Waals surface area contributed by atoms with E-state index in [1.54, 1.807) is 25.1 Å². The van der Waals surface area contributed by atoms with E-state index in [4.69, 9.17) is 34.5 Å². The van der Waals surface area contributed by atoms with Crippen molar-refractivity contribution in [2.45, 2.75) is 18.9 Å². The minimum atomic E-state index is -1.14. The topological polar surface area (TPSA) is 104 Å². The minimum Gasteiger partial charge on any atom is -0.368 e. The van der Waals surface area contributed by atoms with Crippen LogP contribution in [-0.2, 0) is 10.3 Å². The molecular weight excluding hydrogens is 301 g/mol. The number of hydrogen-bond acceptors (Lipinski definition) is 3. The van der Waals surface area contributed by atoms with Crippen molar-refractivity contribution >= 4 is 29.1 Å². The van der Waals surface area contributed by atoms with Gasteiger partial charge in [-0.2, -0.15) is 0 Å². The Kier molecular flexibility index (Phi) is 6.10. The normalized spacial score (nSPS) is 13.3. The predicted molar refractivity (Wildman–Crippen MR) is 79.6 cm³/mol. The summed E-state index contributed by atoms with van der Waals surface area (Å²) in [6, 6.07) is 5.03. The van der Waals surface area contributed by atoms with Gasteiger partial charge in [0.05, 0.1) is 10.0 Å². The lowest BCUT2D eigenvalue weighted by atomic mass is 9.91. The summed E-state index contributed by atoms with van der Waals surface area (Å²) in [4.78, 5) is 14.4. The lowest BCUT2D eigenvalue weighted by Gasteiger charge is -2.29. The summed E-state index contributed by atoms with van der Waals surface area (Å²) in [7, 11) is 0. The monoisotopic (exact) mass is 315 g/mol. The highest BCUT2D eigenvalue weighted by molar-refractivity contribution is 6.42. The van der Waals surface area contributed by atoms with E-state index < -0.39 is 11.4 Å². The third kappa shape index (κ3) is 3.77. The Morgan fingerprint density at radius 2 is 2.25 bits per heavy atom. The highest BCUT2D eigenvalue weighted by atomic mass is 35.5. The third-order valence-electron chi connectivity index (χ3n) is 2.96. The molecule has 8 heteroatoms. The Bertz CT molecular complexity index is 545. The molecule has 1 aromatic rings. The van der Waals surface area contributed by atoms with Gasteiger partial charge in [0.15, 0.2) is 0 Å². The molecule has 0 saturated heterocycles. The average molecular weight is 316 g/mol. The molecule has 1 unspecified atom stereocenters. The van der Waals surface area contributed by atoms with Gasteiger partial charge in [0.25, 0.3) is 0 Å². The first-order valence-corrected chi connectivity index (χ1v) is 6.69. The first-order chi connectivity index (χ1) is 9.43. The Labute approximate surface area is 126 Å². The summed E-state index contributed by atoms with van der Waals surface area (Å²) in [6.45, 7) is 2.42. The molecule has 1 rings (SSSR count). The Morgan fingerprint density at radius 1 is 1.55 bits per heavy atom. The van der Waals surface area contributed by atoms with Crippen LogP contribution in [-0.4, -0.2) is 19.0 Å². The maximum Gasteiger partial charge on any atom is 0.242 e. The molecule has 0 heterocycles. The predicted octanol–water partition coefficient (Wildman–Crippen LogP) is 2.98. The number of primary amides is 1. The van der Waals surface area contributed by atoms with Crippen molar-refractivity contribution < 1.29 is 4.79 Å². The van der Waals surface area contributed by atoms with Gasteiger partial charge in [0.1, 0.15) is 5.54 Å². The van der Waals surface area contributed by atoms with E-state index >= 15 is 0 Å². The van der Waals surface area contributed by atoms with Crippen LogP contribution in [0.1, 0.15) is 18.9 Å². The number of benzene rings is 1. The zero-order valence-corrected chi connectivity index (χ0v) is 12.4. The molecule has 0 fully saturated rings. The van der Waals surface area contributed by atoms with Gasteiger partial charge in [-0.15, -0.1) is 0 Å². The molecule has 1 amide bonds. The third-order valence-corrected chi connectivity index (χ3v) is 3.78. The van der Waals surface area contributed by atoms with Crippen LogP contribution < -0.4 is 11.1 Å². The highest BCUT2D eigenvalue weighted by Gasteiger charge is 2.34. The number of nitrogens with zero attached hydrogens (tertiary/aromatic N) is 3. The summed E-state index contributed by atoms with van der Waals surface area (Å²) in [5.41, 5.74) is 13.0. The smallest absolute Gasteiger partial charge is 0.242 e. The van der Waals surface area contributed by atoms with Gasteiger partial charge >= 0.3 is 0 Å². The molecule has 3 N–H and O–H groups in total. The summed E-state index contributed by atoms with van der Waals surface area (Å²) in [6.07, 6.45) is 0.575. The van der Waals surface area contributed by atoms with Gasteiger partial charge in [-0.25, -0.2) is 0 Å². The van der Waals surface area contributed by atoms with E-state index in [0.717, 1.165) is 0 Å². The average Bonchev–Trinajstić information content (AvgIpc) is 2.41. The van der Waals surface area contributed by atoms with Crippen LogP contribution >= 0.6 is 23.2 Å². The zero-order valence-electron chi connectivity index (χ0n) is 10.9. The number of nitrogens with one attached hydrogen (secondary N) is 1. The van der Waals surface area contributed by atoms with E-state index in [0.29, 0.717) is 30.1 Å². The molecule has 0 spiro atoms. The van der Waals surface area contributed by atoms with Gasteiger partial charge in [-0.1, -0.05) is 40.4 Å². The first-order valence-electron chi connectivity index (χ1n) is 5.93. The molecule has 1 atom stereocenters. The Hall–Kier alpha value is -1.46. The van der Waals surface area contributed by atoms with Gasteiger partial charge in [0, 0.05) is 17.0 Å². The number of nitrogens with two attached hydrogens (primary N) is 1. The van der Waals surface area contributed by atoms with Gasteiger partial charge < -0.3 is 5.73 Å². The van der Waals surface area contributed by atoms with Crippen molar-refractivity contribution in [3.05, 3.63) is 44.3 Å². The van der Waals surface area contributed by atoms with E-state index in [1.165, 1.54) is 0 Å². The molecule has 0 aromatic heterocycles. The van der Waals surface area contributed by atoms with Crippen molar-refractivity contribution in [1.82, 2.24) is 5.32 Å². The molecule has 0 aliphatic carbocycles. The maximum atomic E-state index is 11.8. The van der Waals surface area contributed by atoms with Crippen LogP contribution in [0.3, 0.4) is 0 Å². The number of rotatable bonds is 7. The van der Waals surface area contributed by atoms with Crippen LogP contribution in [0, 0.1) is 0 Å². The fourth-order valence-corrected chi connectivity index (χ4v) is 2.23. The van der Waals surface area contributed by atoms with E-state index in [9.17, 15) is 4.79 Å². The number of halogens is 2. The largest absolute Gasteiger partial charge is 0.368 e. The minimum absolute atomic E-state index is 0.290. The maximum absolute atomic E-state index is 11.8. The second-order valence-electron chi connectivity index (χ2n) is 4.33. The number of hydrogen-bond donors (Lipinski definition) is 2. The number of amides is 1. The molecule has 0 radical (unpaired) electrons. The molecular formula is C12H15Cl2N5O.